The van der Waals surface area contributed by atoms with Crippen LogP contribution in [0.4, 0.5) is 4.79 Å². The minimum atomic E-state index is -3.77. The van der Waals surface area contributed by atoms with Gasteiger partial charge in [-0.15, -0.1) is 0 Å². The molecule has 1 aromatic rings. The largest absolute Gasteiger partial charge is 0.514 e. The van der Waals surface area contributed by atoms with E-state index in [0.29, 0.717) is 15.4 Å². The van der Waals surface area contributed by atoms with Gasteiger partial charge in [0, 0.05) is 15.4 Å². The number of nitrogens with zero attached hydrogens (tertiary/aromatic N) is 1. The molecule has 2 N–H and O–H groups in total. The molecule has 25 heavy (non-hydrogen) atoms. The van der Waals surface area contributed by atoms with Crippen LogP contribution in [0.3, 0.4) is 0 Å². The maximum atomic E-state index is 12.8. The quantitative estimate of drug-likeness (QED) is 0.618. The zero-order valence-electron chi connectivity index (χ0n) is 14.6. The van der Waals surface area contributed by atoms with Gasteiger partial charge in [0.05, 0.1) is 17.0 Å². The minimum Gasteiger partial charge on any atom is -0.435 e. The van der Waals surface area contributed by atoms with Gasteiger partial charge in [-0.3, -0.25) is 0 Å². The predicted molar refractivity (Wildman–Crippen MR) is 103 cm³/mol. The van der Waals surface area contributed by atoms with Crippen LogP contribution in [0.25, 0.3) is 0 Å². The highest BCUT2D eigenvalue weighted by Gasteiger charge is 2.58. The molecular weight excluding hydrogens is 476 g/mol. The van der Waals surface area contributed by atoms with Gasteiger partial charge in [-0.05, 0) is 61.8 Å². The average Bonchev–Trinajstić information content (AvgIpc) is 2.77. The summed E-state index contributed by atoms with van der Waals surface area (Å²) in [6.45, 7) is 7.70. The predicted octanol–water partition coefficient (Wildman–Crippen LogP) is 3.94. The molecule has 2 rings (SSSR count). The van der Waals surface area contributed by atoms with Crippen LogP contribution in [0, 0.1) is 0 Å². The zero-order valence-corrected chi connectivity index (χ0v) is 18.6. The SMILES string of the molecule is C[C@H]1C[C@@H](NS(=O)(=O)c2cc(Br)ccc2Br)C[N+]1(C(=O)O)C(C)(C)C. The van der Waals surface area contributed by atoms with E-state index in [0.717, 1.165) is 0 Å². The van der Waals surface area contributed by atoms with Gasteiger partial charge in [0.15, 0.2) is 0 Å². The third-order valence-corrected chi connectivity index (χ3v) is 7.94. The Labute approximate surface area is 165 Å². The van der Waals surface area contributed by atoms with Gasteiger partial charge in [-0.2, -0.15) is 4.79 Å². The summed E-state index contributed by atoms with van der Waals surface area (Å²) in [5, 5.41) is 9.86. The second-order valence-electron chi connectivity index (χ2n) is 7.48. The van der Waals surface area contributed by atoms with E-state index >= 15 is 0 Å². The highest BCUT2D eigenvalue weighted by Crippen LogP contribution is 2.37. The summed E-state index contributed by atoms with van der Waals surface area (Å²) in [6.07, 6.45) is -0.459. The minimum absolute atomic E-state index is 0.130. The maximum absolute atomic E-state index is 12.8. The number of rotatable bonds is 3. The van der Waals surface area contributed by atoms with E-state index in [1.807, 2.05) is 27.7 Å². The number of nitrogens with one attached hydrogen (secondary N) is 1. The fourth-order valence-electron chi connectivity index (χ4n) is 3.73. The molecule has 0 aromatic heterocycles. The summed E-state index contributed by atoms with van der Waals surface area (Å²) in [6, 6.07) is 4.28. The number of benzene rings is 1. The number of quaternary nitrogens is 1. The van der Waals surface area contributed by atoms with Crippen LogP contribution >= 0.6 is 31.9 Å². The van der Waals surface area contributed by atoms with Crippen LogP contribution in [0.15, 0.2) is 32.0 Å². The second kappa shape index (κ2) is 6.92. The molecule has 0 aliphatic carbocycles. The second-order valence-corrected chi connectivity index (χ2v) is 10.9. The molecule has 1 unspecified atom stereocenters. The number of likely N-dealkylation sites (tertiary alicyclic amines) is 1. The lowest BCUT2D eigenvalue weighted by atomic mass is 10.0. The Balaban J connectivity index is 2.33. The lowest BCUT2D eigenvalue weighted by Crippen LogP contribution is -2.65. The van der Waals surface area contributed by atoms with E-state index in [2.05, 4.69) is 36.6 Å². The Hall–Kier alpha value is -0.480. The average molecular weight is 499 g/mol. The standard InChI is InChI=1S/C16H22Br2N2O4S/c1-10-7-12(9-20(10,15(21)22)16(2,3)4)19-25(23,24)14-8-11(17)5-6-13(14)18/h5-6,8,10,12,19H,7,9H2,1-4H3/p+1/t10-,12+,20?/m0/s1. The van der Waals surface area contributed by atoms with E-state index in [-0.39, 0.29) is 22.0 Å². The Kier molecular flexibility index (Phi) is 5.76. The van der Waals surface area contributed by atoms with Crippen LogP contribution in [0.5, 0.6) is 0 Å². The smallest absolute Gasteiger partial charge is 0.435 e. The van der Waals surface area contributed by atoms with E-state index in [1.165, 1.54) is 6.07 Å². The number of carbonyl (C=O) groups is 1. The third kappa shape index (κ3) is 3.80. The van der Waals surface area contributed by atoms with Crippen molar-refractivity contribution in [3.8, 4) is 0 Å². The molecule has 0 radical (unpaired) electrons. The Morgan fingerprint density at radius 2 is 1.92 bits per heavy atom. The molecule has 0 saturated carbocycles. The summed E-state index contributed by atoms with van der Waals surface area (Å²) in [4.78, 5) is 12.2. The first-order valence-corrected chi connectivity index (χ1v) is 11.0. The van der Waals surface area contributed by atoms with Crippen molar-refractivity contribution in [3.05, 3.63) is 27.1 Å². The Morgan fingerprint density at radius 1 is 1.32 bits per heavy atom. The van der Waals surface area contributed by atoms with Crippen LogP contribution in [0.1, 0.15) is 34.1 Å². The highest BCUT2D eigenvalue weighted by molar-refractivity contribution is 9.11. The van der Waals surface area contributed by atoms with Crippen LogP contribution in [-0.4, -0.2) is 48.3 Å². The number of sulfonamides is 1. The van der Waals surface area contributed by atoms with Crippen molar-refractivity contribution < 1.29 is 22.8 Å². The molecule has 0 bridgehead atoms. The lowest BCUT2D eigenvalue weighted by Gasteiger charge is -2.43. The Morgan fingerprint density at radius 3 is 2.40 bits per heavy atom. The monoisotopic (exact) mass is 497 g/mol. The molecule has 1 aromatic carbocycles. The fraction of sp³-hybridized carbons (Fsp3) is 0.562. The van der Waals surface area contributed by atoms with Crippen LogP contribution in [-0.2, 0) is 10.0 Å². The van der Waals surface area contributed by atoms with Gasteiger partial charge in [-0.25, -0.2) is 17.6 Å². The van der Waals surface area contributed by atoms with Gasteiger partial charge in [-0.1, -0.05) is 15.9 Å². The van der Waals surface area contributed by atoms with Crippen molar-refractivity contribution in [1.82, 2.24) is 4.72 Å². The number of halogens is 2. The summed E-state index contributed by atoms with van der Waals surface area (Å²) in [5.74, 6) is 0. The first-order chi connectivity index (χ1) is 11.3. The third-order valence-electron chi connectivity index (χ3n) is 4.93. The van der Waals surface area contributed by atoms with Crippen molar-refractivity contribution in [1.29, 1.82) is 0 Å². The summed E-state index contributed by atoms with van der Waals surface area (Å²) in [5.41, 5.74) is -0.540. The van der Waals surface area contributed by atoms with E-state index in [4.69, 9.17) is 0 Å². The molecule has 1 saturated heterocycles. The van der Waals surface area contributed by atoms with Gasteiger partial charge >= 0.3 is 6.09 Å². The van der Waals surface area contributed by atoms with Crippen LogP contribution < -0.4 is 4.72 Å². The lowest BCUT2D eigenvalue weighted by molar-refractivity contribution is -0.913. The first-order valence-electron chi connectivity index (χ1n) is 7.90. The van der Waals surface area contributed by atoms with Crippen molar-refractivity contribution in [2.75, 3.05) is 6.54 Å². The van der Waals surface area contributed by atoms with E-state index < -0.39 is 27.7 Å². The van der Waals surface area contributed by atoms with Gasteiger partial charge in [0.25, 0.3) is 0 Å². The zero-order chi connectivity index (χ0) is 19.2. The van der Waals surface area contributed by atoms with E-state index in [1.54, 1.807) is 12.1 Å². The van der Waals surface area contributed by atoms with Crippen molar-refractivity contribution in [2.45, 2.75) is 56.6 Å². The van der Waals surface area contributed by atoms with Crippen molar-refractivity contribution in [3.63, 3.8) is 0 Å². The maximum Gasteiger partial charge on any atom is 0.514 e. The summed E-state index contributed by atoms with van der Waals surface area (Å²) < 4.78 is 29.2. The number of hydrogen-bond acceptors (Lipinski definition) is 3. The molecule has 1 amide bonds. The first kappa shape index (κ1) is 20.8. The van der Waals surface area contributed by atoms with E-state index in [9.17, 15) is 18.3 Å². The topological polar surface area (TPSA) is 83.5 Å². The molecule has 1 heterocycles. The Bertz CT molecular complexity index is 792. The fourth-order valence-corrected chi connectivity index (χ4v) is 6.48. The molecule has 1 fully saturated rings. The molecule has 3 atom stereocenters. The van der Waals surface area contributed by atoms with Crippen LogP contribution in [0.2, 0.25) is 0 Å². The molecule has 140 valence electrons. The van der Waals surface area contributed by atoms with Gasteiger partial charge in [0.1, 0.15) is 12.1 Å². The summed E-state index contributed by atoms with van der Waals surface area (Å²) >= 11 is 6.55. The molecule has 6 nitrogen and oxygen atoms in total. The summed E-state index contributed by atoms with van der Waals surface area (Å²) in [7, 11) is -3.77. The van der Waals surface area contributed by atoms with Crippen molar-refractivity contribution >= 4 is 48.0 Å². The van der Waals surface area contributed by atoms with Gasteiger partial charge in [0.2, 0.25) is 10.0 Å². The molecular formula is C16H23Br2N2O4S+. The molecule has 0 spiro atoms. The number of amides is 1. The number of carboxylic acid groups (broad SMARTS) is 1. The molecule has 1 aliphatic rings. The number of hydrogen-bond donors (Lipinski definition) is 2. The normalized spacial score (nSPS) is 27.4. The highest BCUT2D eigenvalue weighted by atomic mass is 79.9. The van der Waals surface area contributed by atoms with Gasteiger partial charge < -0.3 is 5.11 Å². The van der Waals surface area contributed by atoms with Crippen molar-refractivity contribution in [2.24, 2.45) is 0 Å². The molecule has 9 heteroatoms. The molecule has 1 aliphatic heterocycles.